The number of benzene rings is 1. The molecule has 0 aliphatic carbocycles. The fourth-order valence-electron chi connectivity index (χ4n) is 3.84. The highest BCUT2D eigenvalue weighted by molar-refractivity contribution is 9.11. The molecular formula is C21H22BrN3O4S. The van der Waals surface area contributed by atoms with Crippen molar-refractivity contribution < 1.29 is 19.1 Å². The van der Waals surface area contributed by atoms with Crippen molar-refractivity contribution >= 4 is 50.9 Å². The van der Waals surface area contributed by atoms with Crippen LogP contribution in [0, 0.1) is 6.92 Å². The number of nitrogens with zero attached hydrogens (tertiary/aromatic N) is 2. The molecule has 2 aliphatic rings. The molecule has 30 heavy (non-hydrogen) atoms. The molecule has 3 heterocycles. The summed E-state index contributed by atoms with van der Waals surface area (Å²) < 4.78 is 6.12. The van der Waals surface area contributed by atoms with Crippen LogP contribution >= 0.6 is 27.3 Å². The van der Waals surface area contributed by atoms with E-state index in [0.717, 1.165) is 41.0 Å². The zero-order valence-electron chi connectivity index (χ0n) is 16.5. The third-order valence-electron chi connectivity index (χ3n) is 5.33. The molecule has 158 valence electrons. The molecule has 2 saturated heterocycles. The average molecular weight is 492 g/mol. The number of aryl methyl sites for hydroxylation is 1. The second-order valence-electron chi connectivity index (χ2n) is 7.50. The molecule has 7 nitrogen and oxygen atoms in total. The summed E-state index contributed by atoms with van der Waals surface area (Å²) in [7, 11) is 0. The van der Waals surface area contributed by atoms with Gasteiger partial charge in [0.1, 0.15) is 0 Å². The Labute approximate surface area is 187 Å². The van der Waals surface area contributed by atoms with Crippen LogP contribution in [0.25, 0.3) is 0 Å². The van der Waals surface area contributed by atoms with E-state index in [4.69, 9.17) is 4.74 Å². The van der Waals surface area contributed by atoms with Crippen molar-refractivity contribution in [3.05, 3.63) is 45.2 Å². The lowest BCUT2D eigenvalue weighted by molar-refractivity contribution is -0.117. The number of carbonyl (C=O) groups excluding carboxylic acids is 3. The van der Waals surface area contributed by atoms with Crippen molar-refractivity contribution in [1.82, 2.24) is 10.2 Å². The first kappa shape index (κ1) is 20.9. The number of nitrogens with one attached hydrogen (secondary N) is 1. The van der Waals surface area contributed by atoms with Gasteiger partial charge >= 0.3 is 6.09 Å². The number of carbonyl (C=O) groups is 3. The Morgan fingerprint density at radius 3 is 2.63 bits per heavy atom. The third-order valence-corrected chi connectivity index (χ3v) is 6.84. The molecule has 4 rings (SSSR count). The van der Waals surface area contributed by atoms with Crippen LogP contribution in [-0.4, -0.2) is 48.5 Å². The molecule has 0 radical (unpaired) electrons. The van der Waals surface area contributed by atoms with Gasteiger partial charge in [-0.05, 0) is 71.6 Å². The summed E-state index contributed by atoms with van der Waals surface area (Å²) in [5.41, 5.74) is 2.25. The Balaban J connectivity index is 1.39. The number of rotatable bonds is 4. The highest BCUT2D eigenvalue weighted by atomic mass is 79.9. The molecular weight excluding hydrogens is 470 g/mol. The van der Waals surface area contributed by atoms with E-state index in [1.165, 1.54) is 11.3 Å². The number of amides is 3. The van der Waals surface area contributed by atoms with E-state index >= 15 is 0 Å². The smallest absolute Gasteiger partial charge is 0.399 e. The number of halogens is 1. The van der Waals surface area contributed by atoms with Gasteiger partial charge in [-0.25, -0.2) is 4.79 Å². The van der Waals surface area contributed by atoms with Crippen LogP contribution in [0.15, 0.2) is 34.1 Å². The molecule has 1 aromatic heterocycles. The SMILES string of the molecule is Cc1cc(N2CC(NC(=O)Oc3ccc(Br)s3)CC2=O)ccc1C(=O)N1CCCC1. The van der Waals surface area contributed by atoms with E-state index in [1.807, 2.05) is 17.9 Å². The molecule has 0 spiro atoms. The zero-order chi connectivity index (χ0) is 21.3. The summed E-state index contributed by atoms with van der Waals surface area (Å²) in [4.78, 5) is 40.8. The van der Waals surface area contributed by atoms with Crippen LogP contribution in [0.1, 0.15) is 35.2 Å². The van der Waals surface area contributed by atoms with Gasteiger partial charge in [-0.3, -0.25) is 9.59 Å². The molecule has 1 unspecified atom stereocenters. The largest absolute Gasteiger partial charge is 0.413 e. The lowest BCUT2D eigenvalue weighted by Gasteiger charge is -2.20. The summed E-state index contributed by atoms with van der Waals surface area (Å²) >= 11 is 4.63. The van der Waals surface area contributed by atoms with E-state index < -0.39 is 6.09 Å². The number of anilines is 1. The van der Waals surface area contributed by atoms with E-state index in [1.54, 1.807) is 29.2 Å². The standard InChI is InChI=1S/C21H22BrN3O4S/c1-13-10-15(4-5-16(13)20(27)24-8-2-3-9-24)25-12-14(11-18(25)26)23-21(28)29-19-7-6-17(22)30-19/h4-7,10,14H,2-3,8-9,11-12H2,1H3,(H,23,28). The van der Waals surface area contributed by atoms with Crippen LogP contribution in [0.5, 0.6) is 5.06 Å². The third kappa shape index (κ3) is 4.52. The van der Waals surface area contributed by atoms with E-state index in [0.29, 0.717) is 17.2 Å². The van der Waals surface area contributed by atoms with Gasteiger partial charge in [-0.15, -0.1) is 0 Å². The summed E-state index contributed by atoms with van der Waals surface area (Å²) in [6.45, 7) is 3.85. The Morgan fingerprint density at radius 2 is 1.97 bits per heavy atom. The van der Waals surface area contributed by atoms with Crippen molar-refractivity contribution in [3.63, 3.8) is 0 Å². The molecule has 2 aliphatic heterocycles. The molecule has 1 aromatic carbocycles. The summed E-state index contributed by atoms with van der Waals surface area (Å²) in [5, 5.41) is 3.24. The van der Waals surface area contributed by atoms with E-state index in [9.17, 15) is 14.4 Å². The van der Waals surface area contributed by atoms with Crippen LogP contribution in [0.4, 0.5) is 10.5 Å². The minimum absolute atomic E-state index is 0.0480. The predicted octanol–water partition coefficient (Wildman–Crippen LogP) is 3.95. The maximum Gasteiger partial charge on any atom is 0.413 e. The highest BCUT2D eigenvalue weighted by Crippen LogP contribution is 2.29. The average Bonchev–Trinajstić information content (AvgIpc) is 3.43. The summed E-state index contributed by atoms with van der Waals surface area (Å²) in [6.07, 6.45) is 1.72. The quantitative estimate of drug-likeness (QED) is 0.701. The fourth-order valence-corrected chi connectivity index (χ4v) is 5.03. The Morgan fingerprint density at radius 1 is 1.20 bits per heavy atom. The van der Waals surface area contributed by atoms with Crippen LogP contribution < -0.4 is 15.0 Å². The monoisotopic (exact) mass is 491 g/mol. The van der Waals surface area contributed by atoms with Gasteiger partial charge in [0.2, 0.25) is 5.91 Å². The van der Waals surface area contributed by atoms with Crippen LogP contribution in [-0.2, 0) is 4.79 Å². The Hall–Kier alpha value is -2.39. The lowest BCUT2D eigenvalue weighted by Crippen LogP contribution is -2.38. The molecule has 2 aromatic rings. The van der Waals surface area contributed by atoms with Gasteiger partial charge in [-0.1, -0.05) is 11.3 Å². The molecule has 1 N–H and O–H groups in total. The predicted molar refractivity (Wildman–Crippen MR) is 118 cm³/mol. The van der Waals surface area contributed by atoms with E-state index in [2.05, 4.69) is 21.2 Å². The summed E-state index contributed by atoms with van der Waals surface area (Å²) in [5.74, 6) is -0.0241. The van der Waals surface area contributed by atoms with Gasteiger partial charge in [0, 0.05) is 37.3 Å². The molecule has 0 saturated carbocycles. The number of hydrogen-bond acceptors (Lipinski definition) is 5. The lowest BCUT2D eigenvalue weighted by atomic mass is 10.1. The molecule has 9 heteroatoms. The second kappa shape index (κ2) is 8.77. The number of likely N-dealkylation sites (tertiary alicyclic amines) is 1. The minimum Gasteiger partial charge on any atom is -0.399 e. The van der Waals surface area contributed by atoms with Gasteiger partial charge in [-0.2, -0.15) is 0 Å². The van der Waals surface area contributed by atoms with Gasteiger partial charge in [0.15, 0.2) is 5.06 Å². The normalized spacial score (nSPS) is 18.7. The van der Waals surface area contributed by atoms with Crippen molar-refractivity contribution in [2.45, 2.75) is 32.2 Å². The highest BCUT2D eigenvalue weighted by Gasteiger charge is 2.32. The Bertz CT molecular complexity index is 986. The van der Waals surface area contributed by atoms with Gasteiger partial charge < -0.3 is 19.9 Å². The van der Waals surface area contributed by atoms with Crippen molar-refractivity contribution in [1.29, 1.82) is 0 Å². The number of thiophene rings is 1. The van der Waals surface area contributed by atoms with E-state index in [-0.39, 0.29) is 24.3 Å². The molecule has 1 atom stereocenters. The molecule has 2 fully saturated rings. The second-order valence-corrected chi connectivity index (χ2v) is 9.92. The molecule has 3 amide bonds. The minimum atomic E-state index is -0.577. The number of ether oxygens (including phenoxy) is 1. The zero-order valence-corrected chi connectivity index (χ0v) is 18.9. The van der Waals surface area contributed by atoms with Crippen molar-refractivity contribution in [3.8, 4) is 5.06 Å². The molecule has 0 bridgehead atoms. The van der Waals surface area contributed by atoms with Gasteiger partial charge in [0.05, 0.1) is 9.83 Å². The van der Waals surface area contributed by atoms with Crippen molar-refractivity contribution in [2.75, 3.05) is 24.5 Å². The topological polar surface area (TPSA) is 79.0 Å². The van der Waals surface area contributed by atoms with Crippen LogP contribution in [0.3, 0.4) is 0 Å². The Kier molecular flexibility index (Phi) is 6.10. The van der Waals surface area contributed by atoms with Crippen LogP contribution in [0.2, 0.25) is 0 Å². The first-order valence-corrected chi connectivity index (χ1v) is 11.5. The summed E-state index contributed by atoms with van der Waals surface area (Å²) in [6, 6.07) is 8.63. The first-order chi connectivity index (χ1) is 14.4. The maximum absolute atomic E-state index is 12.7. The van der Waals surface area contributed by atoms with Crippen molar-refractivity contribution in [2.24, 2.45) is 0 Å². The van der Waals surface area contributed by atoms with Gasteiger partial charge in [0.25, 0.3) is 5.91 Å². The first-order valence-electron chi connectivity index (χ1n) is 9.84. The maximum atomic E-state index is 12.7. The fraction of sp³-hybridized carbons (Fsp3) is 0.381. The number of hydrogen-bond donors (Lipinski definition) is 1.